The summed E-state index contributed by atoms with van der Waals surface area (Å²) in [6, 6.07) is 0. The maximum Gasteiger partial charge on any atom is 0.406 e. The standard InChI is InChI=1S/C21H33F3N2O2/c1-19(2,3)12-26(13-21(22,23)24)17(27)4-5-25-18(28)20-9-14-6-15(10-20)8-16(7-14)11-20/h14-16H,4-13H2,1-3H3,(H,25,28). The second-order valence-electron chi connectivity index (χ2n) is 10.6. The van der Waals surface area contributed by atoms with Gasteiger partial charge in [0.2, 0.25) is 11.8 Å². The lowest BCUT2D eigenvalue weighted by Crippen LogP contribution is -2.54. The van der Waals surface area contributed by atoms with Crippen LogP contribution in [0.15, 0.2) is 0 Å². The minimum atomic E-state index is -4.43. The molecule has 4 aliphatic carbocycles. The van der Waals surface area contributed by atoms with Crippen LogP contribution in [-0.2, 0) is 9.59 Å². The maximum absolute atomic E-state index is 12.9. The molecule has 0 unspecified atom stereocenters. The highest BCUT2D eigenvalue weighted by atomic mass is 19.4. The number of hydrogen-bond donors (Lipinski definition) is 1. The predicted molar refractivity (Wildman–Crippen MR) is 100 cm³/mol. The molecule has 0 spiro atoms. The number of hydrogen-bond acceptors (Lipinski definition) is 2. The van der Waals surface area contributed by atoms with E-state index in [1.807, 2.05) is 0 Å². The average molecular weight is 403 g/mol. The Kier molecular flexibility index (Phi) is 5.76. The van der Waals surface area contributed by atoms with Crippen molar-refractivity contribution in [1.82, 2.24) is 10.2 Å². The van der Waals surface area contributed by atoms with Crippen molar-refractivity contribution in [2.75, 3.05) is 19.6 Å². The monoisotopic (exact) mass is 402 g/mol. The van der Waals surface area contributed by atoms with Gasteiger partial charge in [-0.25, -0.2) is 0 Å². The van der Waals surface area contributed by atoms with Crippen LogP contribution in [0.25, 0.3) is 0 Å². The van der Waals surface area contributed by atoms with Crippen molar-refractivity contribution in [3.63, 3.8) is 0 Å². The summed E-state index contributed by atoms with van der Waals surface area (Å²) in [7, 11) is 0. The van der Waals surface area contributed by atoms with Gasteiger partial charge in [0, 0.05) is 24.9 Å². The van der Waals surface area contributed by atoms with Crippen molar-refractivity contribution in [3.05, 3.63) is 0 Å². The Bertz CT molecular complexity index is 558. The molecule has 0 aromatic rings. The van der Waals surface area contributed by atoms with Crippen LogP contribution in [0.4, 0.5) is 13.2 Å². The molecule has 0 heterocycles. The van der Waals surface area contributed by atoms with E-state index in [0.29, 0.717) is 17.8 Å². The van der Waals surface area contributed by atoms with Gasteiger partial charge in [-0.15, -0.1) is 0 Å². The zero-order valence-corrected chi connectivity index (χ0v) is 17.2. The van der Waals surface area contributed by atoms with E-state index >= 15 is 0 Å². The van der Waals surface area contributed by atoms with E-state index < -0.39 is 24.0 Å². The Morgan fingerprint density at radius 1 is 0.964 bits per heavy atom. The van der Waals surface area contributed by atoms with Gasteiger partial charge in [-0.2, -0.15) is 13.2 Å². The number of carbonyl (C=O) groups excluding carboxylic acids is 2. The summed E-state index contributed by atoms with van der Waals surface area (Å²) >= 11 is 0. The van der Waals surface area contributed by atoms with Crippen molar-refractivity contribution in [2.45, 2.75) is 71.9 Å². The van der Waals surface area contributed by atoms with E-state index in [0.717, 1.165) is 24.2 Å². The number of rotatable bonds is 6. The number of amides is 2. The third-order valence-electron chi connectivity index (χ3n) is 6.53. The number of nitrogens with one attached hydrogen (secondary N) is 1. The molecule has 4 bridgehead atoms. The number of carbonyl (C=O) groups is 2. The zero-order chi connectivity index (χ0) is 20.7. The van der Waals surface area contributed by atoms with Gasteiger partial charge in [-0.05, 0) is 61.7 Å². The molecule has 4 fully saturated rings. The molecule has 4 nitrogen and oxygen atoms in total. The van der Waals surface area contributed by atoms with Crippen molar-refractivity contribution in [3.8, 4) is 0 Å². The molecule has 160 valence electrons. The first-order valence-corrected chi connectivity index (χ1v) is 10.5. The molecule has 4 saturated carbocycles. The summed E-state index contributed by atoms with van der Waals surface area (Å²) in [6.07, 6.45) is 2.00. The highest BCUT2D eigenvalue weighted by Crippen LogP contribution is 2.60. The molecule has 1 N–H and O–H groups in total. The van der Waals surface area contributed by atoms with E-state index in [1.165, 1.54) is 19.3 Å². The average Bonchev–Trinajstić information content (AvgIpc) is 2.50. The number of nitrogens with zero attached hydrogens (tertiary/aromatic N) is 1. The molecule has 0 aliphatic heterocycles. The normalized spacial score (nSPS) is 31.7. The molecule has 2 amide bonds. The van der Waals surface area contributed by atoms with Crippen LogP contribution in [0, 0.1) is 28.6 Å². The largest absolute Gasteiger partial charge is 0.406 e. The maximum atomic E-state index is 12.9. The minimum absolute atomic E-state index is 0.0117. The quantitative estimate of drug-likeness (QED) is 0.726. The van der Waals surface area contributed by atoms with E-state index in [1.54, 1.807) is 20.8 Å². The minimum Gasteiger partial charge on any atom is -0.355 e. The Balaban J connectivity index is 1.53. The highest BCUT2D eigenvalue weighted by molar-refractivity contribution is 5.84. The van der Waals surface area contributed by atoms with Crippen LogP contribution in [0.3, 0.4) is 0 Å². The summed E-state index contributed by atoms with van der Waals surface area (Å²) in [6.45, 7) is 4.31. The predicted octanol–water partition coefficient (Wildman–Crippen LogP) is 4.15. The number of alkyl halides is 3. The Hall–Kier alpha value is -1.27. The Labute approximate surface area is 165 Å². The molecular formula is C21H33F3N2O2. The van der Waals surface area contributed by atoms with Gasteiger partial charge in [0.05, 0.1) is 0 Å². The highest BCUT2D eigenvalue weighted by Gasteiger charge is 2.54. The fourth-order valence-electron chi connectivity index (χ4n) is 6.04. The molecule has 0 atom stereocenters. The molecular weight excluding hydrogens is 369 g/mol. The molecule has 28 heavy (non-hydrogen) atoms. The summed E-state index contributed by atoms with van der Waals surface area (Å²) in [5, 5.41) is 2.88. The fourth-order valence-corrected chi connectivity index (χ4v) is 6.04. The molecule has 4 rings (SSSR count). The smallest absolute Gasteiger partial charge is 0.355 e. The van der Waals surface area contributed by atoms with Crippen molar-refractivity contribution in [1.29, 1.82) is 0 Å². The fraction of sp³-hybridized carbons (Fsp3) is 0.905. The lowest BCUT2D eigenvalue weighted by Gasteiger charge is -2.55. The lowest BCUT2D eigenvalue weighted by molar-refractivity contribution is -0.163. The summed E-state index contributed by atoms with van der Waals surface area (Å²) in [5.74, 6) is 1.39. The van der Waals surface area contributed by atoms with E-state index in [9.17, 15) is 22.8 Å². The summed E-state index contributed by atoms with van der Waals surface area (Å²) in [5.41, 5.74) is -0.724. The second-order valence-corrected chi connectivity index (χ2v) is 10.6. The van der Waals surface area contributed by atoms with E-state index in [4.69, 9.17) is 0 Å². The lowest BCUT2D eigenvalue weighted by atomic mass is 9.49. The molecule has 4 aliphatic rings. The van der Waals surface area contributed by atoms with Gasteiger partial charge in [0.1, 0.15) is 6.54 Å². The van der Waals surface area contributed by atoms with Crippen molar-refractivity contribution >= 4 is 11.8 Å². The summed E-state index contributed by atoms with van der Waals surface area (Å²) < 4.78 is 38.6. The van der Waals surface area contributed by atoms with Gasteiger partial charge in [-0.3, -0.25) is 9.59 Å². The molecule has 0 aromatic heterocycles. The molecule has 0 saturated heterocycles. The first-order chi connectivity index (χ1) is 12.9. The van der Waals surface area contributed by atoms with Crippen LogP contribution in [0.1, 0.15) is 65.7 Å². The number of halogens is 3. The SMILES string of the molecule is CC(C)(C)CN(CC(F)(F)F)C(=O)CCNC(=O)C12CC3CC(CC(C3)C1)C2. The molecule has 0 aromatic carbocycles. The molecule has 0 radical (unpaired) electrons. The van der Waals surface area contributed by atoms with Crippen LogP contribution in [-0.4, -0.2) is 42.5 Å². The molecule has 7 heteroatoms. The summed E-state index contributed by atoms with van der Waals surface area (Å²) in [4.78, 5) is 26.2. The second kappa shape index (κ2) is 7.52. The first kappa shape index (κ1) is 21.4. The van der Waals surface area contributed by atoms with Crippen LogP contribution < -0.4 is 5.32 Å². The third-order valence-corrected chi connectivity index (χ3v) is 6.53. The van der Waals surface area contributed by atoms with Crippen molar-refractivity contribution < 1.29 is 22.8 Å². The van der Waals surface area contributed by atoms with Gasteiger partial charge in [-0.1, -0.05) is 20.8 Å². The zero-order valence-electron chi connectivity index (χ0n) is 17.2. The van der Waals surface area contributed by atoms with E-state index in [-0.39, 0.29) is 30.8 Å². The van der Waals surface area contributed by atoms with Gasteiger partial charge in [0.25, 0.3) is 0 Å². The van der Waals surface area contributed by atoms with Gasteiger partial charge in [0.15, 0.2) is 0 Å². The third kappa shape index (κ3) is 5.20. The van der Waals surface area contributed by atoms with Gasteiger partial charge >= 0.3 is 6.18 Å². The first-order valence-electron chi connectivity index (χ1n) is 10.5. The topological polar surface area (TPSA) is 49.4 Å². The van der Waals surface area contributed by atoms with Crippen LogP contribution in [0.5, 0.6) is 0 Å². The van der Waals surface area contributed by atoms with E-state index in [2.05, 4.69) is 5.32 Å². The van der Waals surface area contributed by atoms with Gasteiger partial charge < -0.3 is 10.2 Å². The Morgan fingerprint density at radius 3 is 1.89 bits per heavy atom. The Morgan fingerprint density at radius 2 is 1.46 bits per heavy atom. The van der Waals surface area contributed by atoms with Crippen LogP contribution >= 0.6 is 0 Å². The van der Waals surface area contributed by atoms with Crippen molar-refractivity contribution in [2.24, 2.45) is 28.6 Å². The van der Waals surface area contributed by atoms with Crippen LogP contribution in [0.2, 0.25) is 0 Å².